The molecule has 7 heteroatoms. The van der Waals surface area contributed by atoms with E-state index in [1.165, 1.54) is 0 Å². The van der Waals surface area contributed by atoms with E-state index in [1.807, 2.05) is 0 Å². The fraction of sp³-hybridized carbons (Fsp3) is 1.00. The zero-order chi connectivity index (χ0) is 15.1. The highest BCUT2D eigenvalue weighted by atomic mass is 32.2. The zero-order valence-electron chi connectivity index (χ0n) is 12.1. The smallest absolute Gasteiger partial charge is 0.150 e. The maximum atomic E-state index is 11.6. The quantitative estimate of drug-likeness (QED) is 0.545. The number of methoxy groups -OCH3 is 1. The summed E-state index contributed by atoms with van der Waals surface area (Å²) in [5.74, 6) is 0.0593. The molecule has 1 fully saturated rings. The van der Waals surface area contributed by atoms with Crippen LogP contribution in [0, 0.1) is 11.3 Å². The van der Waals surface area contributed by atoms with Gasteiger partial charge in [0.25, 0.3) is 0 Å². The minimum Gasteiger partial charge on any atom is -0.396 e. The highest BCUT2D eigenvalue weighted by Gasteiger charge is 2.43. The van der Waals surface area contributed by atoms with Crippen LogP contribution in [-0.2, 0) is 19.3 Å². The molecule has 0 aromatic rings. The number of hydrogen-bond acceptors (Lipinski definition) is 6. The summed E-state index contributed by atoms with van der Waals surface area (Å²) in [6, 6.07) is 0. The molecular weight excluding hydrogens is 284 g/mol. The van der Waals surface area contributed by atoms with E-state index in [4.69, 9.17) is 9.47 Å². The zero-order valence-corrected chi connectivity index (χ0v) is 12.9. The second-order valence-electron chi connectivity index (χ2n) is 5.49. The van der Waals surface area contributed by atoms with Gasteiger partial charge in [0.1, 0.15) is 0 Å². The first-order chi connectivity index (χ1) is 9.49. The highest BCUT2D eigenvalue weighted by molar-refractivity contribution is 7.91. The fourth-order valence-corrected chi connectivity index (χ4v) is 4.66. The molecule has 0 saturated carbocycles. The Morgan fingerprint density at radius 1 is 1.20 bits per heavy atom. The van der Waals surface area contributed by atoms with E-state index in [9.17, 15) is 18.6 Å². The van der Waals surface area contributed by atoms with Gasteiger partial charge in [-0.25, -0.2) is 8.42 Å². The van der Waals surface area contributed by atoms with Gasteiger partial charge in [0.2, 0.25) is 0 Å². The van der Waals surface area contributed by atoms with Crippen molar-refractivity contribution in [2.24, 2.45) is 11.3 Å². The molecule has 120 valence electrons. The van der Waals surface area contributed by atoms with E-state index in [2.05, 4.69) is 0 Å². The summed E-state index contributed by atoms with van der Waals surface area (Å²) in [4.78, 5) is 0. The van der Waals surface area contributed by atoms with Gasteiger partial charge in [-0.15, -0.1) is 0 Å². The lowest BCUT2D eigenvalue weighted by Gasteiger charge is -2.35. The molecule has 1 aliphatic rings. The predicted octanol–water partition coefficient (Wildman–Crippen LogP) is -0.165. The monoisotopic (exact) mass is 310 g/mol. The molecule has 6 nitrogen and oxygen atoms in total. The molecule has 0 amide bonds. The van der Waals surface area contributed by atoms with Crippen LogP contribution in [0.4, 0.5) is 0 Å². The van der Waals surface area contributed by atoms with Crippen molar-refractivity contribution in [2.45, 2.75) is 19.3 Å². The predicted molar refractivity (Wildman–Crippen MR) is 75.3 cm³/mol. The van der Waals surface area contributed by atoms with Crippen molar-refractivity contribution < 1.29 is 28.1 Å². The van der Waals surface area contributed by atoms with Crippen LogP contribution >= 0.6 is 0 Å². The van der Waals surface area contributed by atoms with Crippen LogP contribution in [-0.4, -0.2) is 70.3 Å². The summed E-state index contributed by atoms with van der Waals surface area (Å²) in [6.07, 6.45) is 1.77. The van der Waals surface area contributed by atoms with Crippen molar-refractivity contribution >= 4 is 9.84 Å². The lowest BCUT2D eigenvalue weighted by Crippen LogP contribution is -2.39. The Bertz CT molecular complexity index is 363. The first kappa shape index (κ1) is 17.8. The molecule has 0 aliphatic carbocycles. The van der Waals surface area contributed by atoms with Gasteiger partial charge in [-0.2, -0.15) is 0 Å². The molecule has 0 bridgehead atoms. The summed E-state index contributed by atoms with van der Waals surface area (Å²) in [5.41, 5.74) is -0.714. The Kier molecular flexibility index (Phi) is 7.39. The average molecular weight is 310 g/mol. The maximum absolute atomic E-state index is 11.6. The van der Waals surface area contributed by atoms with E-state index in [-0.39, 0.29) is 30.6 Å². The number of ether oxygens (including phenoxy) is 2. The van der Waals surface area contributed by atoms with Crippen LogP contribution < -0.4 is 0 Å². The average Bonchev–Trinajstić information content (AvgIpc) is 2.79. The van der Waals surface area contributed by atoms with E-state index in [0.717, 1.165) is 0 Å². The third kappa shape index (κ3) is 4.96. The molecular formula is C13H26O6S. The molecule has 1 rings (SSSR count). The Morgan fingerprint density at radius 2 is 1.90 bits per heavy atom. The number of rotatable bonds is 10. The largest absolute Gasteiger partial charge is 0.396 e. The molecule has 1 heterocycles. The summed E-state index contributed by atoms with van der Waals surface area (Å²) < 4.78 is 33.4. The number of aliphatic hydroxyl groups is 2. The molecule has 0 aromatic carbocycles. The van der Waals surface area contributed by atoms with E-state index < -0.39 is 15.3 Å². The summed E-state index contributed by atoms with van der Waals surface area (Å²) in [6.45, 7) is 1.18. The van der Waals surface area contributed by atoms with Gasteiger partial charge < -0.3 is 19.7 Å². The maximum Gasteiger partial charge on any atom is 0.150 e. The van der Waals surface area contributed by atoms with Crippen molar-refractivity contribution in [2.75, 3.05) is 51.6 Å². The van der Waals surface area contributed by atoms with Crippen LogP contribution in [0.2, 0.25) is 0 Å². The lowest BCUT2D eigenvalue weighted by atomic mass is 9.73. The molecule has 1 aliphatic heterocycles. The molecule has 1 atom stereocenters. The normalized spacial score (nSPS) is 22.2. The van der Waals surface area contributed by atoms with Crippen molar-refractivity contribution in [1.29, 1.82) is 0 Å². The lowest BCUT2D eigenvalue weighted by molar-refractivity contribution is -0.00553. The van der Waals surface area contributed by atoms with Gasteiger partial charge in [0.05, 0.1) is 37.9 Å². The van der Waals surface area contributed by atoms with Gasteiger partial charge in [0.15, 0.2) is 9.84 Å². The molecule has 0 aromatic heterocycles. The third-order valence-electron chi connectivity index (χ3n) is 4.12. The van der Waals surface area contributed by atoms with Crippen LogP contribution in [0.15, 0.2) is 0 Å². The van der Waals surface area contributed by atoms with E-state index in [1.54, 1.807) is 7.11 Å². The van der Waals surface area contributed by atoms with E-state index >= 15 is 0 Å². The van der Waals surface area contributed by atoms with Crippen molar-refractivity contribution in [3.8, 4) is 0 Å². The second kappa shape index (κ2) is 8.29. The summed E-state index contributed by atoms with van der Waals surface area (Å²) in [7, 11) is -1.41. The number of aliphatic hydroxyl groups excluding tert-OH is 2. The first-order valence-electron chi connectivity index (χ1n) is 6.98. The minimum absolute atomic E-state index is 0.0681. The highest BCUT2D eigenvalue weighted by Crippen LogP contribution is 2.39. The van der Waals surface area contributed by atoms with Gasteiger partial charge in [-0.05, 0) is 25.2 Å². The Labute approximate surface area is 121 Å². The second-order valence-corrected chi connectivity index (χ2v) is 7.72. The Balaban J connectivity index is 2.46. The first-order valence-corrected chi connectivity index (χ1v) is 8.80. The molecule has 0 radical (unpaired) electrons. The van der Waals surface area contributed by atoms with Crippen LogP contribution in [0.25, 0.3) is 0 Å². The van der Waals surface area contributed by atoms with Gasteiger partial charge in [-0.1, -0.05) is 0 Å². The summed E-state index contributed by atoms with van der Waals surface area (Å²) in [5, 5.41) is 19.3. The fourth-order valence-electron chi connectivity index (χ4n) is 2.72. The molecule has 0 spiro atoms. The number of hydrogen-bond donors (Lipinski definition) is 2. The SMILES string of the molecule is COCCOCCCC(CO)(CO)C1CCS(=O)(=O)C1. The van der Waals surface area contributed by atoms with Crippen molar-refractivity contribution in [1.82, 2.24) is 0 Å². The number of sulfone groups is 1. The molecule has 20 heavy (non-hydrogen) atoms. The third-order valence-corrected chi connectivity index (χ3v) is 5.89. The van der Waals surface area contributed by atoms with E-state index in [0.29, 0.717) is 39.1 Å². The molecule has 1 saturated heterocycles. The Morgan fingerprint density at radius 3 is 2.40 bits per heavy atom. The minimum atomic E-state index is -3.01. The topological polar surface area (TPSA) is 93.1 Å². The molecule has 1 unspecified atom stereocenters. The van der Waals surface area contributed by atoms with Crippen LogP contribution in [0.5, 0.6) is 0 Å². The van der Waals surface area contributed by atoms with Crippen LogP contribution in [0.1, 0.15) is 19.3 Å². The van der Waals surface area contributed by atoms with Crippen molar-refractivity contribution in [3.05, 3.63) is 0 Å². The standard InChI is InChI=1S/C13H26O6S/c1-18-6-7-19-5-2-4-13(10-14,11-15)12-3-8-20(16,17)9-12/h12,14-15H,2-11H2,1H3. The van der Waals surface area contributed by atoms with Gasteiger partial charge in [0, 0.05) is 19.1 Å². The van der Waals surface area contributed by atoms with Gasteiger partial charge in [-0.3, -0.25) is 0 Å². The summed E-state index contributed by atoms with van der Waals surface area (Å²) >= 11 is 0. The van der Waals surface area contributed by atoms with Crippen LogP contribution in [0.3, 0.4) is 0 Å². The molecule has 2 N–H and O–H groups in total. The van der Waals surface area contributed by atoms with Crippen molar-refractivity contribution in [3.63, 3.8) is 0 Å². The Hall–Kier alpha value is -0.210. The van der Waals surface area contributed by atoms with Gasteiger partial charge >= 0.3 is 0 Å².